The molecule has 1 aromatic heterocycles. The molecular formula is C10H15BrN4O3S. The fourth-order valence-electron chi connectivity index (χ4n) is 1.31. The van der Waals surface area contributed by atoms with Gasteiger partial charge in [0.15, 0.2) is 17.0 Å². The number of halogens is 1. The zero-order valence-electron chi connectivity index (χ0n) is 10.1. The molecule has 1 fully saturated rings. The highest BCUT2D eigenvalue weighted by Gasteiger charge is 2.21. The number of aliphatic hydroxyl groups excluding tert-OH is 1. The largest absolute Gasteiger partial charge is 0.474 e. The molecule has 0 aliphatic heterocycles. The standard InChI is InChI=1S/C10H15BrN4O3S/c11-8-9(12-6-13-10(8)18-4-3-16)15-19(17)14-5-7-1-2-7/h6-7,14,16H,1-5H2,(H,12,13,15). The molecule has 0 aromatic carbocycles. The van der Waals surface area contributed by atoms with Crippen molar-refractivity contribution in [3.05, 3.63) is 10.8 Å². The van der Waals surface area contributed by atoms with Crippen molar-refractivity contribution in [2.75, 3.05) is 24.5 Å². The van der Waals surface area contributed by atoms with Crippen molar-refractivity contribution in [1.82, 2.24) is 14.7 Å². The van der Waals surface area contributed by atoms with E-state index in [2.05, 4.69) is 35.3 Å². The van der Waals surface area contributed by atoms with Gasteiger partial charge in [-0.15, -0.1) is 0 Å². The minimum atomic E-state index is -1.40. The van der Waals surface area contributed by atoms with Crippen LogP contribution in [0.25, 0.3) is 0 Å². The van der Waals surface area contributed by atoms with Crippen LogP contribution in [0.2, 0.25) is 0 Å². The Morgan fingerprint density at radius 1 is 1.53 bits per heavy atom. The van der Waals surface area contributed by atoms with Gasteiger partial charge in [0.25, 0.3) is 0 Å². The van der Waals surface area contributed by atoms with Crippen LogP contribution in [-0.4, -0.2) is 39.0 Å². The molecule has 1 aromatic rings. The SMILES string of the molecule is O=S(NCC1CC1)Nc1ncnc(OCCO)c1Br. The summed E-state index contributed by atoms with van der Waals surface area (Å²) in [6.07, 6.45) is 3.69. The second-order valence-corrected chi connectivity index (χ2v) is 5.90. The van der Waals surface area contributed by atoms with Crippen LogP contribution in [0.4, 0.5) is 5.82 Å². The predicted octanol–water partition coefficient (Wildman–Crippen LogP) is 0.600. The Morgan fingerprint density at radius 3 is 3.00 bits per heavy atom. The van der Waals surface area contributed by atoms with Gasteiger partial charge in [-0.25, -0.2) is 18.9 Å². The average Bonchev–Trinajstić information content (AvgIpc) is 3.21. The second-order valence-electron chi connectivity index (χ2n) is 4.08. The van der Waals surface area contributed by atoms with E-state index in [0.717, 1.165) is 6.54 Å². The van der Waals surface area contributed by atoms with Crippen LogP contribution in [0.15, 0.2) is 10.8 Å². The third-order valence-electron chi connectivity index (χ3n) is 2.48. The van der Waals surface area contributed by atoms with Gasteiger partial charge in [-0.3, -0.25) is 4.72 Å². The Balaban J connectivity index is 1.92. The number of hydrogen-bond acceptors (Lipinski definition) is 5. The smallest absolute Gasteiger partial charge is 0.233 e. The summed E-state index contributed by atoms with van der Waals surface area (Å²) >= 11 is 1.87. The van der Waals surface area contributed by atoms with E-state index in [1.807, 2.05) is 0 Å². The van der Waals surface area contributed by atoms with Crippen LogP contribution in [0, 0.1) is 5.92 Å². The summed E-state index contributed by atoms with van der Waals surface area (Å²) in [5.74, 6) is 1.32. The van der Waals surface area contributed by atoms with Crippen LogP contribution in [0.5, 0.6) is 5.88 Å². The first-order valence-corrected chi connectivity index (χ1v) is 7.81. The highest BCUT2D eigenvalue weighted by molar-refractivity contribution is 9.10. The molecule has 0 radical (unpaired) electrons. The number of aliphatic hydroxyl groups is 1. The minimum absolute atomic E-state index is 0.103. The van der Waals surface area contributed by atoms with Gasteiger partial charge in [0.1, 0.15) is 17.4 Å². The van der Waals surface area contributed by atoms with Gasteiger partial charge in [0, 0.05) is 6.54 Å². The third kappa shape index (κ3) is 4.68. The van der Waals surface area contributed by atoms with Gasteiger partial charge in [0.05, 0.1) is 6.61 Å². The molecule has 0 saturated heterocycles. The molecule has 2 rings (SSSR count). The first-order valence-electron chi connectivity index (χ1n) is 5.86. The van der Waals surface area contributed by atoms with E-state index < -0.39 is 11.2 Å². The highest BCUT2D eigenvalue weighted by Crippen LogP contribution is 2.29. The molecule has 9 heteroatoms. The zero-order chi connectivity index (χ0) is 13.7. The monoisotopic (exact) mass is 350 g/mol. The average molecular weight is 351 g/mol. The summed E-state index contributed by atoms with van der Waals surface area (Å²) in [7, 11) is 0. The Kier molecular flexibility index (Phi) is 5.49. The van der Waals surface area contributed by atoms with Crippen molar-refractivity contribution < 1.29 is 14.1 Å². The molecule has 106 valence electrons. The first kappa shape index (κ1) is 14.6. The van der Waals surface area contributed by atoms with Gasteiger partial charge < -0.3 is 9.84 Å². The van der Waals surface area contributed by atoms with E-state index in [9.17, 15) is 4.21 Å². The summed E-state index contributed by atoms with van der Waals surface area (Å²) < 4.78 is 23.0. The maximum atomic E-state index is 11.7. The van der Waals surface area contributed by atoms with E-state index in [4.69, 9.17) is 9.84 Å². The molecule has 3 N–H and O–H groups in total. The molecule has 19 heavy (non-hydrogen) atoms. The van der Waals surface area contributed by atoms with Crippen LogP contribution in [-0.2, 0) is 11.2 Å². The van der Waals surface area contributed by atoms with E-state index in [1.54, 1.807) is 0 Å². The number of anilines is 1. The van der Waals surface area contributed by atoms with Crippen molar-refractivity contribution in [2.24, 2.45) is 5.92 Å². The second kappa shape index (κ2) is 7.13. The molecule has 1 atom stereocenters. The lowest BCUT2D eigenvalue weighted by atomic mass is 10.4. The molecule has 1 aliphatic rings. The van der Waals surface area contributed by atoms with Crippen molar-refractivity contribution >= 4 is 32.9 Å². The number of nitrogens with zero attached hydrogens (tertiary/aromatic N) is 2. The Morgan fingerprint density at radius 2 is 2.32 bits per heavy atom. The number of nitrogens with one attached hydrogen (secondary N) is 2. The topological polar surface area (TPSA) is 96.4 Å². The Labute approximate surface area is 122 Å². The first-order chi connectivity index (χ1) is 9.20. The van der Waals surface area contributed by atoms with Gasteiger partial charge in [-0.05, 0) is 34.7 Å². The number of ether oxygens (including phenoxy) is 1. The van der Waals surface area contributed by atoms with Crippen molar-refractivity contribution in [2.45, 2.75) is 12.8 Å². The number of hydrogen-bond donors (Lipinski definition) is 3. The summed E-state index contributed by atoms with van der Waals surface area (Å²) in [6, 6.07) is 0. The van der Waals surface area contributed by atoms with Crippen LogP contribution in [0.1, 0.15) is 12.8 Å². The van der Waals surface area contributed by atoms with Crippen LogP contribution < -0.4 is 14.2 Å². The summed E-state index contributed by atoms with van der Waals surface area (Å²) in [4.78, 5) is 7.90. The fraction of sp³-hybridized carbons (Fsp3) is 0.600. The van der Waals surface area contributed by atoms with Crippen LogP contribution >= 0.6 is 15.9 Å². The third-order valence-corrected chi connectivity index (χ3v) is 4.00. The molecule has 7 nitrogen and oxygen atoms in total. The molecule has 0 bridgehead atoms. The van der Waals surface area contributed by atoms with Crippen molar-refractivity contribution in [1.29, 1.82) is 0 Å². The molecule has 0 spiro atoms. The summed E-state index contributed by atoms with van der Waals surface area (Å²) in [5, 5.41) is 8.70. The minimum Gasteiger partial charge on any atom is -0.474 e. The predicted molar refractivity (Wildman–Crippen MR) is 74.8 cm³/mol. The summed E-state index contributed by atoms with van der Waals surface area (Å²) in [5.41, 5.74) is 0. The van der Waals surface area contributed by atoms with Crippen LogP contribution in [0.3, 0.4) is 0 Å². The van der Waals surface area contributed by atoms with Crippen molar-refractivity contribution in [3.63, 3.8) is 0 Å². The molecule has 1 aliphatic carbocycles. The highest BCUT2D eigenvalue weighted by atomic mass is 79.9. The summed E-state index contributed by atoms with van der Waals surface area (Å²) in [6.45, 7) is 0.766. The van der Waals surface area contributed by atoms with E-state index >= 15 is 0 Å². The van der Waals surface area contributed by atoms with E-state index in [0.29, 0.717) is 22.1 Å². The fourth-order valence-corrected chi connectivity index (χ4v) is 2.65. The lowest BCUT2D eigenvalue weighted by Crippen LogP contribution is -2.26. The lowest BCUT2D eigenvalue weighted by Gasteiger charge is -2.10. The molecule has 1 saturated carbocycles. The Hall–Kier alpha value is -0.770. The number of aromatic nitrogens is 2. The van der Waals surface area contributed by atoms with Gasteiger partial charge in [0.2, 0.25) is 5.88 Å². The van der Waals surface area contributed by atoms with E-state index in [-0.39, 0.29) is 13.2 Å². The lowest BCUT2D eigenvalue weighted by molar-refractivity contribution is 0.196. The Bertz CT molecular complexity index is 458. The molecular weight excluding hydrogens is 336 g/mol. The quantitative estimate of drug-likeness (QED) is 0.637. The molecule has 1 unspecified atom stereocenters. The number of rotatable bonds is 8. The maximum Gasteiger partial charge on any atom is 0.233 e. The van der Waals surface area contributed by atoms with E-state index in [1.165, 1.54) is 19.2 Å². The maximum absolute atomic E-state index is 11.7. The molecule has 1 heterocycles. The van der Waals surface area contributed by atoms with Gasteiger partial charge in [-0.2, -0.15) is 0 Å². The van der Waals surface area contributed by atoms with Crippen molar-refractivity contribution in [3.8, 4) is 5.88 Å². The zero-order valence-corrected chi connectivity index (χ0v) is 12.5. The van der Waals surface area contributed by atoms with Gasteiger partial charge >= 0.3 is 0 Å². The normalized spacial score (nSPS) is 16.1. The molecule has 0 amide bonds. The van der Waals surface area contributed by atoms with Gasteiger partial charge in [-0.1, -0.05) is 0 Å².